The Kier molecular flexibility index (Phi) is 5.77. The van der Waals surface area contributed by atoms with Crippen molar-refractivity contribution in [3.05, 3.63) is 34.9 Å². The van der Waals surface area contributed by atoms with Gasteiger partial charge >= 0.3 is 0 Å². The molecule has 0 radical (unpaired) electrons. The molecule has 7 heteroatoms. The van der Waals surface area contributed by atoms with Gasteiger partial charge in [-0.05, 0) is 44.6 Å². The molecule has 1 amide bonds. The Hall–Kier alpha value is -2.44. The van der Waals surface area contributed by atoms with E-state index in [0.29, 0.717) is 24.1 Å². The first-order chi connectivity index (χ1) is 12.9. The lowest BCUT2D eigenvalue weighted by molar-refractivity contribution is 0.0921. The van der Waals surface area contributed by atoms with E-state index in [1.54, 1.807) is 4.68 Å². The molecule has 0 bridgehead atoms. The minimum absolute atomic E-state index is 0.0498. The number of hydrogen-bond acceptors (Lipinski definition) is 5. The van der Waals surface area contributed by atoms with Crippen molar-refractivity contribution in [3.63, 3.8) is 0 Å². The molecule has 1 atom stereocenters. The van der Waals surface area contributed by atoms with Crippen LogP contribution in [0, 0.1) is 5.92 Å². The third-order valence-electron chi connectivity index (χ3n) is 4.85. The lowest BCUT2D eigenvalue weighted by atomic mass is 9.92. The van der Waals surface area contributed by atoms with Gasteiger partial charge in [-0.3, -0.25) is 9.48 Å². The highest BCUT2D eigenvalue weighted by molar-refractivity contribution is 5.93. The van der Waals surface area contributed by atoms with Gasteiger partial charge in [-0.25, -0.2) is 9.97 Å². The summed E-state index contributed by atoms with van der Waals surface area (Å²) in [6.45, 7) is 7.00. The summed E-state index contributed by atoms with van der Waals surface area (Å²) in [5.74, 6) is 1.14. The molecular formula is C20H30N6O. The average molecular weight is 371 g/mol. The van der Waals surface area contributed by atoms with Gasteiger partial charge in [0.15, 0.2) is 0 Å². The van der Waals surface area contributed by atoms with Gasteiger partial charge in [0.1, 0.15) is 5.69 Å². The van der Waals surface area contributed by atoms with Crippen LogP contribution in [-0.4, -0.2) is 39.8 Å². The molecule has 3 rings (SSSR count). The van der Waals surface area contributed by atoms with Crippen LogP contribution in [0.15, 0.2) is 12.3 Å². The predicted octanol–water partition coefficient (Wildman–Crippen LogP) is 2.76. The molecule has 2 aromatic heterocycles. The normalized spacial score (nSPS) is 16.3. The van der Waals surface area contributed by atoms with Crippen LogP contribution in [0.3, 0.4) is 0 Å². The van der Waals surface area contributed by atoms with E-state index < -0.39 is 0 Å². The minimum Gasteiger partial charge on any atom is -0.347 e. The molecule has 0 aliphatic heterocycles. The molecule has 7 nitrogen and oxygen atoms in total. The zero-order valence-electron chi connectivity index (χ0n) is 17.0. The fraction of sp³-hybridized carbons (Fsp3) is 0.600. The molecule has 0 spiro atoms. The van der Waals surface area contributed by atoms with Crippen LogP contribution in [0.2, 0.25) is 0 Å². The summed E-state index contributed by atoms with van der Waals surface area (Å²) < 4.78 is 1.79. The number of carbonyl (C=O) groups excluding carboxylic acids is 1. The van der Waals surface area contributed by atoms with Crippen molar-refractivity contribution in [1.82, 2.24) is 25.1 Å². The molecule has 27 heavy (non-hydrogen) atoms. The number of nitrogens with zero attached hydrogens (tertiary/aromatic N) is 5. The van der Waals surface area contributed by atoms with Crippen LogP contribution in [0.5, 0.6) is 0 Å². The molecule has 2 heterocycles. The maximum atomic E-state index is 13.0. The summed E-state index contributed by atoms with van der Waals surface area (Å²) in [5, 5.41) is 7.77. The second-order valence-corrected chi connectivity index (χ2v) is 7.82. The van der Waals surface area contributed by atoms with Gasteiger partial charge in [0, 0.05) is 32.4 Å². The second-order valence-electron chi connectivity index (χ2n) is 7.82. The number of fused-ring (bicyclic) bond motifs is 1. The Bertz CT molecular complexity index is 811. The smallest absolute Gasteiger partial charge is 0.270 e. The summed E-state index contributed by atoms with van der Waals surface area (Å²) in [5.41, 5.74) is 3.67. The Labute approximate surface area is 161 Å². The van der Waals surface area contributed by atoms with Gasteiger partial charge in [0.05, 0.1) is 17.4 Å². The van der Waals surface area contributed by atoms with E-state index in [0.717, 1.165) is 42.6 Å². The fourth-order valence-electron chi connectivity index (χ4n) is 3.55. The molecular weight excluding hydrogens is 340 g/mol. The van der Waals surface area contributed by atoms with Gasteiger partial charge < -0.3 is 10.2 Å². The molecule has 0 saturated carbocycles. The summed E-state index contributed by atoms with van der Waals surface area (Å²) in [6.07, 6.45) is 5.58. The molecule has 0 fully saturated rings. The summed E-state index contributed by atoms with van der Waals surface area (Å²) in [6, 6.07) is 1.88. The van der Waals surface area contributed by atoms with E-state index in [-0.39, 0.29) is 11.9 Å². The lowest BCUT2D eigenvalue weighted by Gasteiger charge is -2.26. The predicted molar refractivity (Wildman–Crippen MR) is 106 cm³/mol. The van der Waals surface area contributed by atoms with Crippen molar-refractivity contribution in [3.8, 4) is 0 Å². The number of rotatable bonds is 6. The molecule has 146 valence electrons. The molecule has 1 aliphatic carbocycles. The quantitative estimate of drug-likeness (QED) is 0.846. The molecule has 2 aromatic rings. The Morgan fingerprint density at radius 1 is 1.41 bits per heavy atom. The first-order valence-electron chi connectivity index (χ1n) is 9.79. The number of nitrogens with one attached hydrogen (secondary N) is 1. The molecule has 1 N–H and O–H groups in total. The Balaban J connectivity index is 1.80. The maximum Gasteiger partial charge on any atom is 0.270 e. The van der Waals surface area contributed by atoms with Crippen LogP contribution in [0.25, 0.3) is 0 Å². The van der Waals surface area contributed by atoms with Gasteiger partial charge in [0.2, 0.25) is 5.95 Å². The SMILES string of the molecule is CCn1nc(CC(C)C)cc1C(=O)NC1CCCc2nc(N(C)C)ncc21. The highest BCUT2D eigenvalue weighted by Gasteiger charge is 2.26. The second kappa shape index (κ2) is 8.06. The summed E-state index contributed by atoms with van der Waals surface area (Å²) in [7, 11) is 3.87. The minimum atomic E-state index is -0.0751. The number of hydrogen-bond donors (Lipinski definition) is 1. The van der Waals surface area contributed by atoms with Crippen molar-refractivity contribution in [2.45, 2.75) is 59.0 Å². The van der Waals surface area contributed by atoms with E-state index in [2.05, 4.69) is 34.2 Å². The third-order valence-corrected chi connectivity index (χ3v) is 4.85. The van der Waals surface area contributed by atoms with E-state index >= 15 is 0 Å². The standard InChI is InChI=1S/C20H30N6O/c1-6-26-18(11-14(24-26)10-13(2)3)19(27)22-16-8-7-9-17-15(16)12-21-20(23-17)25(4)5/h11-13,16H,6-10H2,1-5H3,(H,22,27). The van der Waals surface area contributed by atoms with Crippen molar-refractivity contribution in [2.24, 2.45) is 5.92 Å². The zero-order valence-corrected chi connectivity index (χ0v) is 17.0. The first kappa shape index (κ1) is 19.3. The third kappa shape index (κ3) is 4.28. The van der Waals surface area contributed by atoms with E-state index in [9.17, 15) is 4.79 Å². The highest BCUT2D eigenvalue weighted by atomic mass is 16.2. The summed E-state index contributed by atoms with van der Waals surface area (Å²) >= 11 is 0. The number of amides is 1. The van der Waals surface area contributed by atoms with Crippen LogP contribution >= 0.6 is 0 Å². The van der Waals surface area contributed by atoms with Crippen molar-refractivity contribution in [2.75, 3.05) is 19.0 Å². The Morgan fingerprint density at radius 3 is 2.85 bits per heavy atom. The van der Waals surface area contributed by atoms with Crippen LogP contribution < -0.4 is 10.2 Å². The average Bonchev–Trinajstić information content (AvgIpc) is 3.03. The number of carbonyl (C=O) groups is 1. The number of aromatic nitrogens is 4. The van der Waals surface area contributed by atoms with Gasteiger partial charge in [-0.1, -0.05) is 13.8 Å². The number of anilines is 1. The topological polar surface area (TPSA) is 75.9 Å². The fourth-order valence-corrected chi connectivity index (χ4v) is 3.55. The summed E-state index contributed by atoms with van der Waals surface area (Å²) in [4.78, 5) is 24.0. The van der Waals surface area contributed by atoms with Crippen molar-refractivity contribution >= 4 is 11.9 Å². The van der Waals surface area contributed by atoms with E-state index in [4.69, 9.17) is 0 Å². The monoisotopic (exact) mass is 370 g/mol. The Morgan fingerprint density at radius 2 is 2.19 bits per heavy atom. The number of aryl methyl sites for hydroxylation is 2. The first-order valence-corrected chi connectivity index (χ1v) is 9.79. The van der Waals surface area contributed by atoms with Crippen molar-refractivity contribution in [1.29, 1.82) is 0 Å². The van der Waals surface area contributed by atoms with Crippen LogP contribution in [-0.2, 0) is 19.4 Å². The van der Waals surface area contributed by atoms with Gasteiger partial charge in [0.25, 0.3) is 5.91 Å². The van der Waals surface area contributed by atoms with Crippen LogP contribution in [0.1, 0.15) is 67.1 Å². The molecule has 0 aromatic carbocycles. The lowest BCUT2D eigenvalue weighted by Crippen LogP contribution is -2.33. The maximum absolute atomic E-state index is 13.0. The van der Waals surface area contributed by atoms with Crippen LogP contribution in [0.4, 0.5) is 5.95 Å². The highest BCUT2D eigenvalue weighted by Crippen LogP contribution is 2.29. The van der Waals surface area contributed by atoms with Crippen molar-refractivity contribution < 1.29 is 4.79 Å². The van der Waals surface area contributed by atoms with Gasteiger partial charge in [-0.2, -0.15) is 5.10 Å². The van der Waals surface area contributed by atoms with Gasteiger partial charge in [-0.15, -0.1) is 0 Å². The molecule has 1 unspecified atom stereocenters. The molecule has 1 aliphatic rings. The zero-order chi connectivity index (χ0) is 19.6. The van der Waals surface area contributed by atoms with E-state index in [1.807, 2.05) is 38.2 Å². The van der Waals surface area contributed by atoms with E-state index in [1.165, 1.54) is 0 Å². The largest absolute Gasteiger partial charge is 0.347 e. The molecule has 0 saturated heterocycles.